The molecule has 0 aliphatic carbocycles. The van der Waals surface area contributed by atoms with Gasteiger partial charge in [-0.25, -0.2) is 4.79 Å². The molecule has 4 nitrogen and oxygen atoms in total. The molecule has 0 saturated carbocycles. The summed E-state index contributed by atoms with van der Waals surface area (Å²) >= 11 is 3.42. The van der Waals surface area contributed by atoms with Crippen LogP contribution in [-0.2, 0) is 4.74 Å². The Hall–Kier alpha value is -2.01. The Kier molecular flexibility index (Phi) is 7.62. The lowest BCUT2D eigenvalue weighted by molar-refractivity contribution is 0.0450. The summed E-state index contributed by atoms with van der Waals surface area (Å²) in [6.07, 6.45) is 2.07. The summed E-state index contributed by atoms with van der Waals surface area (Å²) in [6.45, 7) is 3.28. The van der Waals surface area contributed by atoms with E-state index in [9.17, 15) is 4.79 Å². The highest BCUT2D eigenvalue weighted by molar-refractivity contribution is 9.10. The van der Waals surface area contributed by atoms with Crippen molar-refractivity contribution < 1.29 is 19.0 Å². The SMILES string of the molecule is CCCCOc1ccc(C(=O)OCCOc2ccccc2)cc1Br. The molecule has 2 aromatic carbocycles. The molecule has 0 fully saturated rings. The van der Waals surface area contributed by atoms with Gasteiger partial charge in [0.15, 0.2) is 0 Å². The van der Waals surface area contributed by atoms with Gasteiger partial charge < -0.3 is 14.2 Å². The lowest BCUT2D eigenvalue weighted by Gasteiger charge is -2.10. The van der Waals surface area contributed by atoms with Crippen molar-refractivity contribution in [3.63, 3.8) is 0 Å². The molecular formula is C19H21BrO4. The van der Waals surface area contributed by atoms with Gasteiger partial charge in [-0.05, 0) is 52.7 Å². The molecule has 0 unspecified atom stereocenters. The number of para-hydroxylation sites is 1. The lowest BCUT2D eigenvalue weighted by Crippen LogP contribution is -2.12. The molecule has 128 valence electrons. The summed E-state index contributed by atoms with van der Waals surface area (Å²) in [4.78, 5) is 12.0. The minimum Gasteiger partial charge on any atom is -0.492 e. The topological polar surface area (TPSA) is 44.8 Å². The van der Waals surface area contributed by atoms with Gasteiger partial charge in [0.05, 0.1) is 16.6 Å². The van der Waals surface area contributed by atoms with Crippen LogP contribution >= 0.6 is 15.9 Å². The van der Waals surface area contributed by atoms with Crippen LogP contribution in [-0.4, -0.2) is 25.8 Å². The fourth-order valence-corrected chi connectivity index (χ4v) is 2.46. The fraction of sp³-hybridized carbons (Fsp3) is 0.316. The maximum absolute atomic E-state index is 12.0. The maximum Gasteiger partial charge on any atom is 0.338 e. The Labute approximate surface area is 150 Å². The molecule has 0 N–H and O–H groups in total. The van der Waals surface area contributed by atoms with Crippen LogP contribution in [0, 0.1) is 0 Å². The molecule has 2 rings (SSSR count). The Bertz CT molecular complexity index is 643. The summed E-state index contributed by atoms with van der Waals surface area (Å²) in [5.74, 6) is 1.10. The second-order valence-electron chi connectivity index (χ2n) is 5.14. The average Bonchev–Trinajstić information content (AvgIpc) is 2.61. The van der Waals surface area contributed by atoms with Crippen LogP contribution in [0.4, 0.5) is 0 Å². The number of benzene rings is 2. The number of carbonyl (C=O) groups is 1. The van der Waals surface area contributed by atoms with E-state index in [-0.39, 0.29) is 12.6 Å². The molecule has 0 aliphatic heterocycles. The molecule has 0 bridgehead atoms. The summed E-state index contributed by atoms with van der Waals surface area (Å²) in [5.41, 5.74) is 0.476. The monoisotopic (exact) mass is 392 g/mol. The molecule has 2 aromatic rings. The molecule has 24 heavy (non-hydrogen) atoms. The van der Waals surface area contributed by atoms with Crippen LogP contribution in [0.25, 0.3) is 0 Å². The van der Waals surface area contributed by atoms with Gasteiger partial charge in [0, 0.05) is 0 Å². The predicted molar refractivity (Wildman–Crippen MR) is 96.8 cm³/mol. The van der Waals surface area contributed by atoms with Crippen LogP contribution in [0.1, 0.15) is 30.1 Å². The number of unbranched alkanes of at least 4 members (excludes halogenated alkanes) is 1. The van der Waals surface area contributed by atoms with Crippen LogP contribution in [0.15, 0.2) is 53.0 Å². The predicted octanol–water partition coefficient (Wildman–Crippen LogP) is 4.86. The van der Waals surface area contributed by atoms with E-state index in [1.54, 1.807) is 18.2 Å². The molecule has 0 amide bonds. The first kappa shape index (κ1) is 18.3. The first-order valence-electron chi connectivity index (χ1n) is 7.98. The lowest BCUT2D eigenvalue weighted by atomic mass is 10.2. The number of carbonyl (C=O) groups excluding carboxylic acids is 1. The third kappa shape index (κ3) is 5.89. The molecule has 5 heteroatoms. The van der Waals surface area contributed by atoms with Crippen molar-refractivity contribution in [2.75, 3.05) is 19.8 Å². The smallest absolute Gasteiger partial charge is 0.338 e. The van der Waals surface area contributed by atoms with Crippen molar-refractivity contribution in [2.24, 2.45) is 0 Å². The van der Waals surface area contributed by atoms with Crippen LogP contribution < -0.4 is 9.47 Å². The van der Waals surface area contributed by atoms with Gasteiger partial charge in [0.1, 0.15) is 24.7 Å². The Morgan fingerprint density at radius 2 is 1.79 bits per heavy atom. The van der Waals surface area contributed by atoms with E-state index in [2.05, 4.69) is 22.9 Å². The van der Waals surface area contributed by atoms with Crippen LogP contribution in [0.5, 0.6) is 11.5 Å². The van der Waals surface area contributed by atoms with E-state index >= 15 is 0 Å². The number of ether oxygens (including phenoxy) is 3. The molecule has 0 spiro atoms. The number of rotatable bonds is 9. The van der Waals surface area contributed by atoms with Gasteiger partial charge in [0.2, 0.25) is 0 Å². The number of halogens is 1. The van der Waals surface area contributed by atoms with E-state index in [0.29, 0.717) is 18.8 Å². The second-order valence-corrected chi connectivity index (χ2v) is 6.00. The number of esters is 1. The largest absolute Gasteiger partial charge is 0.492 e. The van der Waals surface area contributed by atoms with Crippen LogP contribution in [0.3, 0.4) is 0 Å². The zero-order chi connectivity index (χ0) is 17.2. The van der Waals surface area contributed by atoms with Gasteiger partial charge in [0.25, 0.3) is 0 Å². The highest BCUT2D eigenvalue weighted by atomic mass is 79.9. The first-order chi connectivity index (χ1) is 11.7. The molecule has 0 radical (unpaired) electrons. The highest BCUT2D eigenvalue weighted by Crippen LogP contribution is 2.26. The molecule has 0 aliphatic rings. The fourth-order valence-electron chi connectivity index (χ4n) is 1.97. The molecule has 0 heterocycles. The normalized spacial score (nSPS) is 10.2. The van der Waals surface area contributed by atoms with E-state index in [1.807, 2.05) is 30.3 Å². The van der Waals surface area contributed by atoms with E-state index in [4.69, 9.17) is 14.2 Å². The van der Waals surface area contributed by atoms with Crippen molar-refractivity contribution in [2.45, 2.75) is 19.8 Å². The second kappa shape index (κ2) is 9.98. The quantitative estimate of drug-likeness (QED) is 0.451. The molecule has 0 atom stereocenters. The molecular weight excluding hydrogens is 372 g/mol. The third-order valence-corrected chi connectivity index (χ3v) is 3.87. The Morgan fingerprint density at radius 1 is 1.00 bits per heavy atom. The van der Waals surface area contributed by atoms with Gasteiger partial charge in [-0.15, -0.1) is 0 Å². The zero-order valence-electron chi connectivity index (χ0n) is 13.7. The van der Waals surface area contributed by atoms with Crippen molar-refractivity contribution >= 4 is 21.9 Å². The van der Waals surface area contributed by atoms with E-state index in [1.165, 1.54) is 0 Å². The maximum atomic E-state index is 12.0. The average molecular weight is 393 g/mol. The molecule has 0 aromatic heterocycles. The van der Waals surface area contributed by atoms with E-state index < -0.39 is 0 Å². The summed E-state index contributed by atoms with van der Waals surface area (Å²) < 4.78 is 17.1. The van der Waals surface area contributed by atoms with Crippen molar-refractivity contribution in [3.05, 3.63) is 58.6 Å². The number of hydrogen-bond acceptors (Lipinski definition) is 4. The van der Waals surface area contributed by atoms with E-state index in [0.717, 1.165) is 28.8 Å². The van der Waals surface area contributed by atoms with Gasteiger partial charge >= 0.3 is 5.97 Å². The third-order valence-electron chi connectivity index (χ3n) is 3.25. The Balaban J connectivity index is 1.78. The minimum atomic E-state index is -0.382. The van der Waals surface area contributed by atoms with Gasteiger partial charge in [-0.2, -0.15) is 0 Å². The minimum absolute atomic E-state index is 0.195. The van der Waals surface area contributed by atoms with Crippen LogP contribution in [0.2, 0.25) is 0 Å². The van der Waals surface area contributed by atoms with Crippen molar-refractivity contribution in [3.8, 4) is 11.5 Å². The summed E-state index contributed by atoms with van der Waals surface area (Å²) in [6, 6.07) is 14.6. The summed E-state index contributed by atoms with van der Waals surface area (Å²) in [7, 11) is 0. The van der Waals surface area contributed by atoms with Crippen molar-refractivity contribution in [1.29, 1.82) is 0 Å². The Morgan fingerprint density at radius 3 is 2.50 bits per heavy atom. The van der Waals surface area contributed by atoms with Crippen molar-refractivity contribution in [1.82, 2.24) is 0 Å². The number of hydrogen-bond donors (Lipinski definition) is 0. The first-order valence-corrected chi connectivity index (χ1v) is 8.77. The highest BCUT2D eigenvalue weighted by Gasteiger charge is 2.10. The summed E-state index contributed by atoms with van der Waals surface area (Å²) in [5, 5.41) is 0. The zero-order valence-corrected chi connectivity index (χ0v) is 15.3. The standard InChI is InChI=1S/C19H21BrO4/c1-2-3-11-23-18-10-9-15(14-17(18)20)19(21)24-13-12-22-16-7-5-4-6-8-16/h4-10,14H,2-3,11-13H2,1H3. The van der Waals surface area contributed by atoms with Gasteiger partial charge in [-0.1, -0.05) is 31.5 Å². The molecule has 0 saturated heterocycles. The van der Waals surface area contributed by atoms with Gasteiger partial charge in [-0.3, -0.25) is 0 Å².